The lowest BCUT2D eigenvalue weighted by atomic mass is 9.95. The van der Waals surface area contributed by atoms with Crippen molar-refractivity contribution in [2.24, 2.45) is 11.8 Å². The van der Waals surface area contributed by atoms with E-state index >= 15 is 0 Å². The minimum atomic E-state index is 0.249. The number of hydrogen-bond acceptors (Lipinski definition) is 7. The molecule has 0 saturated heterocycles. The zero-order valence-electron chi connectivity index (χ0n) is 18.8. The summed E-state index contributed by atoms with van der Waals surface area (Å²) in [5.74, 6) is 3.66. The van der Waals surface area contributed by atoms with Crippen molar-refractivity contribution in [2.75, 3.05) is 23.1 Å². The first-order valence-corrected chi connectivity index (χ1v) is 12.4. The van der Waals surface area contributed by atoms with E-state index in [1.54, 1.807) is 7.11 Å². The second-order valence-electron chi connectivity index (χ2n) is 9.58. The van der Waals surface area contributed by atoms with E-state index in [9.17, 15) is 0 Å². The number of nitrogens with one attached hydrogen (secondary N) is 1. The van der Waals surface area contributed by atoms with Gasteiger partial charge in [0.05, 0.1) is 12.1 Å². The van der Waals surface area contributed by atoms with Crippen LogP contribution >= 0.6 is 11.6 Å². The first kappa shape index (κ1) is 21.6. The maximum Gasteiger partial charge on any atom is 0.236 e. The van der Waals surface area contributed by atoms with Crippen LogP contribution in [-0.4, -0.2) is 34.1 Å². The average Bonchev–Trinajstić information content (AvgIpc) is 3.29. The molecule has 1 aromatic heterocycles. The van der Waals surface area contributed by atoms with Gasteiger partial charge in [-0.2, -0.15) is 15.0 Å². The Morgan fingerprint density at radius 1 is 1.03 bits per heavy atom. The molecule has 7 nitrogen and oxygen atoms in total. The van der Waals surface area contributed by atoms with E-state index in [-0.39, 0.29) is 5.95 Å². The van der Waals surface area contributed by atoms with E-state index in [4.69, 9.17) is 27.1 Å². The number of ether oxygens (including phenoxy) is 1. The third-order valence-electron chi connectivity index (χ3n) is 7.51. The Bertz CT molecular complexity index is 948. The number of nitrogen functional groups attached to an aromatic ring is 1. The number of fused-ring (bicyclic) bond motifs is 2. The van der Waals surface area contributed by atoms with Gasteiger partial charge < -0.3 is 20.7 Å². The summed E-state index contributed by atoms with van der Waals surface area (Å²) in [7, 11) is 1.63. The van der Waals surface area contributed by atoms with Gasteiger partial charge in [-0.1, -0.05) is 43.7 Å². The molecule has 3 unspecified atom stereocenters. The van der Waals surface area contributed by atoms with E-state index < -0.39 is 0 Å². The standard InChI is InChI=1S/C24H33ClN6O/c1-32-21-11-10-18(14-19(21)25)31(17-6-4-2-3-5-7-17)24-29-22(26)28-23(30-24)27-20-13-15-8-9-16(20)12-15/h10-11,14-17,20H,2-9,12-13H2,1H3,(H3,26,27,28,29,30). The zero-order valence-corrected chi connectivity index (χ0v) is 19.5. The van der Waals surface area contributed by atoms with Crippen molar-refractivity contribution in [1.29, 1.82) is 0 Å². The third-order valence-corrected chi connectivity index (χ3v) is 7.81. The number of hydrogen-bond donors (Lipinski definition) is 2. The molecule has 3 atom stereocenters. The Morgan fingerprint density at radius 3 is 2.50 bits per heavy atom. The Balaban J connectivity index is 1.49. The van der Waals surface area contributed by atoms with Gasteiger partial charge >= 0.3 is 0 Å². The van der Waals surface area contributed by atoms with Crippen molar-refractivity contribution < 1.29 is 4.74 Å². The molecule has 0 amide bonds. The Hall–Kier alpha value is -2.28. The molecule has 0 spiro atoms. The third kappa shape index (κ3) is 4.45. The van der Waals surface area contributed by atoms with E-state index in [2.05, 4.69) is 20.2 Å². The lowest BCUT2D eigenvalue weighted by molar-refractivity contribution is 0.415. The van der Waals surface area contributed by atoms with Gasteiger partial charge in [-0.05, 0) is 62.1 Å². The van der Waals surface area contributed by atoms with Gasteiger partial charge in [0.25, 0.3) is 0 Å². The molecule has 5 rings (SSSR count). The highest BCUT2D eigenvalue weighted by molar-refractivity contribution is 6.32. The van der Waals surface area contributed by atoms with Crippen molar-refractivity contribution in [1.82, 2.24) is 15.0 Å². The fourth-order valence-corrected chi connectivity index (χ4v) is 6.20. The fraction of sp³-hybridized carbons (Fsp3) is 0.625. The highest BCUT2D eigenvalue weighted by atomic mass is 35.5. The maximum absolute atomic E-state index is 6.50. The minimum Gasteiger partial charge on any atom is -0.495 e. The van der Waals surface area contributed by atoms with Crippen molar-refractivity contribution in [3.8, 4) is 5.75 Å². The molecule has 3 N–H and O–H groups in total. The van der Waals surface area contributed by atoms with Gasteiger partial charge in [-0.25, -0.2) is 0 Å². The van der Waals surface area contributed by atoms with Gasteiger partial charge in [0.2, 0.25) is 17.8 Å². The summed E-state index contributed by atoms with van der Waals surface area (Å²) in [6, 6.07) is 6.59. The lowest BCUT2D eigenvalue weighted by Crippen LogP contribution is -2.33. The van der Waals surface area contributed by atoms with Crippen LogP contribution in [0.5, 0.6) is 5.75 Å². The highest BCUT2D eigenvalue weighted by Crippen LogP contribution is 2.45. The molecule has 3 fully saturated rings. The van der Waals surface area contributed by atoms with Crippen LogP contribution in [-0.2, 0) is 0 Å². The summed E-state index contributed by atoms with van der Waals surface area (Å²) >= 11 is 6.50. The number of anilines is 4. The predicted molar refractivity (Wildman–Crippen MR) is 129 cm³/mol. The van der Waals surface area contributed by atoms with Gasteiger partial charge in [0.1, 0.15) is 5.75 Å². The number of rotatable bonds is 6. The molecule has 1 aromatic carbocycles. The van der Waals surface area contributed by atoms with Gasteiger partial charge in [0, 0.05) is 17.8 Å². The summed E-state index contributed by atoms with van der Waals surface area (Å²) in [6.45, 7) is 0. The summed E-state index contributed by atoms with van der Waals surface area (Å²) in [5.41, 5.74) is 7.14. The SMILES string of the molecule is COc1ccc(N(c2nc(N)nc(NC3CC4CCC3C4)n2)C2CCCCCC2)cc1Cl. The number of nitrogens with zero attached hydrogens (tertiary/aromatic N) is 4. The summed E-state index contributed by atoms with van der Waals surface area (Å²) in [5, 5.41) is 4.16. The topological polar surface area (TPSA) is 89.2 Å². The number of aromatic nitrogens is 3. The van der Waals surface area contributed by atoms with Crippen molar-refractivity contribution in [3.05, 3.63) is 23.2 Å². The van der Waals surface area contributed by atoms with E-state index in [0.29, 0.717) is 34.8 Å². The quantitative estimate of drug-likeness (QED) is 0.548. The summed E-state index contributed by atoms with van der Waals surface area (Å²) in [4.78, 5) is 16.1. The molecule has 0 aliphatic heterocycles. The zero-order chi connectivity index (χ0) is 22.1. The van der Waals surface area contributed by atoms with E-state index in [1.807, 2.05) is 18.2 Å². The summed E-state index contributed by atoms with van der Waals surface area (Å²) in [6.07, 6.45) is 12.3. The Morgan fingerprint density at radius 2 is 1.84 bits per heavy atom. The monoisotopic (exact) mass is 456 g/mol. The number of halogens is 1. The highest BCUT2D eigenvalue weighted by Gasteiger charge is 2.40. The summed E-state index contributed by atoms with van der Waals surface area (Å²) < 4.78 is 5.37. The molecule has 2 bridgehead atoms. The van der Waals surface area contributed by atoms with E-state index in [1.165, 1.54) is 51.4 Å². The number of methoxy groups -OCH3 is 1. The van der Waals surface area contributed by atoms with Crippen molar-refractivity contribution >= 4 is 35.1 Å². The van der Waals surface area contributed by atoms with Crippen LogP contribution in [0.4, 0.5) is 23.5 Å². The lowest BCUT2D eigenvalue weighted by Gasteiger charge is -2.32. The molecule has 172 valence electrons. The van der Waals surface area contributed by atoms with Crippen LogP contribution in [0.15, 0.2) is 18.2 Å². The van der Waals surface area contributed by atoms with E-state index in [0.717, 1.165) is 30.4 Å². The van der Waals surface area contributed by atoms with Crippen LogP contribution < -0.4 is 20.7 Å². The maximum atomic E-state index is 6.50. The molecule has 1 heterocycles. The fourth-order valence-electron chi connectivity index (χ4n) is 5.95. The van der Waals surface area contributed by atoms with Gasteiger partial charge in [-0.15, -0.1) is 0 Å². The van der Waals surface area contributed by atoms with Gasteiger partial charge in [-0.3, -0.25) is 0 Å². The second-order valence-corrected chi connectivity index (χ2v) is 9.98. The van der Waals surface area contributed by atoms with Crippen LogP contribution in [0.25, 0.3) is 0 Å². The number of benzene rings is 1. The molecule has 3 aliphatic rings. The second kappa shape index (κ2) is 9.30. The minimum absolute atomic E-state index is 0.249. The van der Waals surface area contributed by atoms with Crippen molar-refractivity contribution in [2.45, 2.75) is 76.3 Å². The molecule has 32 heavy (non-hydrogen) atoms. The normalized spacial score (nSPS) is 25.5. The predicted octanol–water partition coefficient (Wildman–Crippen LogP) is 5.58. The Kier molecular flexibility index (Phi) is 6.26. The Labute approximate surface area is 195 Å². The van der Waals surface area contributed by atoms with Crippen LogP contribution in [0, 0.1) is 11.8 Å². The molecule has 3 saturated carbocycles. The van der Waals surface area contributed by atoms with Crippen LogP contribution in [0.2, 0.25) is 5.02 Å². The average molecular weight is 457 g/mol. The van der Waals surface area contributed by atoms with Gasteiger partial charge in [0.15, 0.2) is 0 Å². The molecular weight excluding hydrogens is 424 g/mol. The number of nitrogens with two attached hydrogens (primary N) is 1. The molecule has 8 heteroatoms. The van der Waals surface area contributed by atoms with Crippen LogP contribution in [0.3, 0.4) is 0 Å². The smallest absolute Gasteiger partial charge is 0.236 e. The molecule has 2 aromatic rings. The van der Waals surface area contributed by atoms with Crippen LogP contribution in [0.1, 0.15) is 64.2 Å². The molecular formula is C24H33ClN6O. The molecule has 3 aliphatic carbocycles. The first-order chi connectivity index (χ1) is 15.6. The largest absolute Gasteiger partial charge is 0.495 e. The molecule has 0 radical (unpaired) electrons. The first-order valence-electron chi connectivity index (χ1n) is 12.0. The van der Waals surface area contributed by atoms with Crippen molar-refractivity contribution in [3.63, 3.8) is 0 Å².